The van der Waals surface area contributed by atoms with Gasteiger partial charge in [0.15, 0.2) is 0 Å². The summed E-state index contributed by atoms with van der Waals surface area (Å²) in [5, 5.41) is 2.30. The standard InChI is InChI=1S/C17H14F3NO3/c1-24-17(23)15(8-10-4-2-3-5-14(10)20)21-16(22)11-6-12(18)9-13(19)7-11/h2-7,9,15H,8H2,1H3,(H,21,22)/t15-/m0/s1. The molecule has 0 aromatic heterocycles. The number of rotatable bonds is 5. The van der Waals surface area contributed by atoms with Crippen molar-refractivity contribution in [3.63, 3.8) is 0 Å². The molecule has 0 aliphatic carbocycles. The minimum absolute atomic E-state index is 0.164. The molecule has 2 rings (SSSR count). The molecule has 1 N–H and O–H groups in total. The predicted molar refractivity (Wildman–Crippen MR) is 79.7 cm³/mol. The summed E-state index contributed by atoms with van der Waals surface area (Å²) in [7, 11) is 1.12. The van der Waals surface area contributed by atoms with Crippen LogP contribution in [0.3, 0.4) is 0 Å². The van der Waals surface area contributed by atoms with E-state index in [9.17, 15) is 22.8 Å². The number of esters is 1. The van der Waals surface area contributed by atoms with Gasteiger partial charge in [-0.2, -0.15) is 0 Å². The highest BCUT2D eigenvalue weighted by Crippen LogP contribution is 2.12. The van der Waals surface area contributed by atoms with E-state index in [0.717, 1.165) is 19.2 Å². The molecule has 1 atom stereocenters. The number of carbonyl (C=O) groups excluding carboxylic acids is 2. The van der Waals surface area contributed by atoms with Crippen LogP contribution < -0.4 is 5.32 Å². The van der Waals surface area contributed by atoms with Gasteiger partial charge >= 0.3 is 5.97 Å². The Morgan fingerprint density at radius 1 is 1.08 bits per heavy atom. The summed E-state index contributed by atoms with van der Waals surface area (Å²) in [6, 6.07) is 6.81. The topological polar surface area (TPSA) is 55.4 Å². The van der Waals surface area contributed by atoms with Crippen molar-refractivity contribution in [3.8, 4) is 0 Å². The van der Waals surface area contributed by atoms with Gasteiger partial charge in [-0.25, -0.2) is 18.0 Å². The number of benzene rings is 2. The zero-order valence-corrected chi connectivity index (χ0v) is 12.7. The molecule has 0 aliphatic heterocycles. The lowest BCUT2D eigenvalue weighted by atomic mass is 10.0. The van der Waals surface area contributed by atoms with E-state index in [0.29, 0.717) is 6.07 Å². The average Bonchev–Trinajstić information content (AvgIpc) is 2.54. The Bertz CT molecular complexity index is 744. The van der Waals surface area contributed by atoms with Crippen LogP contribution in [-0.2, 0) is 16.0 Å². The van der Waals surface area contributed by atoms with Gasteiger partial charge in [-0.15, -0.1) is 0 Å². The molecule has 2 aromatic rings. The third kappa shape index (κ3) is 4.34. The van der Waals surface area contributed by atoms with Gasteiger partial charge in [0.1, 0.15) is 23.5 Å². The average molecular weight is 337 g/mol. The quantitative estimate of drug-likeness (QED) is 0.854. The Kier molecular flexibility index (Phi) is 5.57. The molecule has 0 heterocycles. The fourth-order valence-corrected chi connectivity index (χ4v) is 2.15. The molecule has 2 aromatic carbocycles. The molecular formula is C17H14F3NO3. The first-order valence-electron chi connectivity index (χ1n) is 6.99. The molecule has 0 spiro atoms. The fraction of sp³-hybridized carbons (Fsp3) is 0.176. The number of hydrogen-bond donors (Lipinski definition) is 1. The van der Waals surface area contributed by atoms with Crippen molar-refractivity contribution in [2.75, 3.05) is 7.11 Å². The Labute approximate surface area is 136 Å². The molecule has 1 amide bonds. The number of nitrogens with one attached hydrogen (secondary N) is 1. The van der Waals surface area contributed by atoms with Crippen molar-refractivity contribution in [1.29, 1.82) is 0 Å². The number of ether oxygens (including phenoxy) is 1. The van der Waals surface area contributed by atoms with Gasteiger partial charge in [-0.05, 0) is 23.8 Å². The van der Waals surface area contributed by atoms with E-state index in [1.807, 2.05) is 0 Å². The Morgan fingerprint density at radius 2 is 1.71 bits per heavy atom. The van der Waals surface area contributed by atoms with Crippen molar-refractivity contribution in [2.45, 2.75) is 12.5 Å². The molecule has 24 heavy (non-hydrogen) atoms. The minimum atomic E-state index is -1.20. The van der Waals surface area contributed by atoms with Crippen LogP contribution in [0.25, 0.3) is 0 Å². The lowest BCUT2D eigenvalue weighted by Gasteiger charge is -2.17. The summed E-state index contributed by atoms with van der Waals surface area (Å²) in [5.41, 5.74) is -0.103. The molecule has 0 unspecified atom stereocenters. The number of amides is 1. The number of halogens is 3. The van der Waals surface area contributed by atoms with Gasteiger partial charge in [0.05, 0.1) is 7.11 Å². The molecule has 0 fully saturated rings. The Morgan fingerprint density at radius 3 is 2.29 bits per heavy atom. The van der Waals surface area contributed by atoms with Crippen molar-refractivity contribution >= 4 is 11.9 Å². The first-order chi connectivity index (χ1) is 11.4. The van der Waals surface area contributed by atoms with Gasteiger partial charge in [0.2, 0.25) is 0 Å². The van der Waals surface area contributed by atoms with E-state index < -0.39 is 35.4 Å². The molecule has 0 bridgehead atoms. The first kappa shape index (κ1) is 17.5. The minimum Gasteiger partial charge on any atom is -0.467 e. The van der Waals surface area contributed by atoms with Crippen LogP contribution in [0.1, 0.15) is 15.9 Å². The van der Waals surface area contributed by atoms with Gasteiger partial charge in [0, 0.05) is 18.1 Å². The monoisotopic (exact) mass is 337 g/mol. The zero-order chi connectivity index (χ0) is 17.7. The molecule has 0 radical (unpaired) electrons. The zero-order valence-electron chi connectivity index (χ0n) is 12.7. The molecule has 126 valence electrons. The summed E-state index contributed by atoms with van der Waals surface area (Å²) in [4.78, 5) is 23.9. The lowest BCUT2D eigenvalue weighted by molar-refractivity contribution is -0.142. The second-order valence-corrected chi connectivity index (χ2v) is 5.00. The smallest absolute Gasteiger partial charge is 0.328 e. The summed E-state index contributed by atoms with van der Waals surface area (Å²) >= 11 is 0. The molecule has 0 aliphatic rings. The van der Waals surface area contributed by atoms with Crippen LogP contribution in [0.2, 0.25) is 0 Å². The lowest BCUT2D eigenvalue weighted by Crippen LogP contribution is -2.43. The summed E-state index contributed by atoms with van der Waals surface area (Å²) in [6.45, 7) is 0. The number of carbonyl (C=O) groups is 2. The first-order valence-corrected chi connectivity index (χ1v) is 6.99. The molecule has 7 heteroatoms. The summed E-state index contributed by atoms with van der Waals surface area (Å²) in [6.07, 6.45) is -0.164. The maximum Gasteiger partial charge on any atom is 0.328 e. The van der Waals surface area contributed by atoms with Crippen LogP contribution in [-0.4, -0.2) is 25.0 Å². The highest BCUT2D eigenvalue weighted by molar-refractivity contribution is 5.96. The van der Waals surface area contributed by atoms with Gasteiger partial charge in [-0.1, -0.05) is 18.2 Å². The van der Waals surface area contributed by atoms with E-state index in [1.54, 1.807) is 6.07 Å². The molecule has 4 nitrogen and oxygen atoms in total. The maximum absolute atomic E-state index is 13.7. The van der Waals surface area contributed by atoms with E-state index in [-0.39, 0.29) is 17.5 Å². The van der Waals surface area contributed by atoms with Gasteiger partial charge < -0.3 is 10.1 Å². The van der Waals surface area contributed by atoms with E-state index in [1.165, 1.54) is 18.2 Å². The SMILES string of the molecule is COC(=O)[C@H](Cc1ccccc1F)NC(=O)c1cc(F)cc(F)c1. The molecular weight excluding hydrogens is 323 g/mol. The fourth-order valence-electron chi connectivity index (χ4n) is 2.15. The van der Waals surface area contributed by atoms with Crippen molar-refractivity contribution in [3.05, 3.63) is 71.0 Å². The highest BCUT2D eigenvalue weighted by Gasteiger charge is 2.24. The van der Waals surface area contributed by atoms with Crippen LogP contribution >= 0.6 is 0 Å². The number of hydrogen-bond acceptors (Lipinski definition) is 3. The van der Waals surface area contributed by atoms with E-state index in [2.05, 4.69) is 10.1 Å². The van der Waals surface area contributed by atoms with E-state index in [4.69, 9.17) is 0 Å². The largest absolute Gasteiger partial charge is 0.467 e. The van der Waals surface area contributed by atoms with Crippen LogP contribution in [0.5, 0.6) is 0 Å². The van der Waals surface area contributed by atoms with E-state index >= 15 is 0 Å². The Hall–Kier alpha value is -2.83. The van der Waals surface area contributed by atoms with Crippen molar-refractivity contribution < 1.29 is 27.5 Å². The van der Waals surface area contributed by atoms with Crippen LogP contribution in [0.4, 0.5) is 13.2 Å². The van der Waals surface area contributed by atoms with Crippen molar-refractivity contribution in [2.24, 2.45) is 0 Å². The second kappa shape index (κ2) is 7.63. The molecule has 0 saturated heterocycles. The summed E-state index contributed by atoms with van der Waals surface area (Å²) in [5.74, 6) is -4.08. The van der Waals surface area contributed by atoms with Crippen LogP contribution in [0.15, 0.2) is 42.5 Å². The third-order valence-electron chi connectivity index (χ3n) is 3.30. The second-order valence-electron chi connectivity index (χ2n) is 5.00. The van der Waals surface area contributed by atoms with Crippen LogP contribution in [0, 0.1) is 17.5 Å². The third-order valence-corrected chi connectivity index (χ3v) is 3.30. The van der Waals surface area contributed by atoms with Gasteiger partial charge in [0.25, 0.3) is 5.91 Å². The predicted octanol–water partition coefficient (Wildman–Crippen LogP) is 2.62. The highest BCUT2D eigenvalue weighted by atomic mass is 19.1. The van der Waals surface area contributed by atoms with Gasteiger partial charge in [-0.3, -0.25) is 4.79 Å². The van der Waals surface area contributed by atoms with Crippen molar-refractivity contribution in [1.82, 2.24) is 5.32 Å². The normalized spacial score (nSPS) is 11.7. The summed E-state index contributed by atoms with van der Waals surface area (Å²) < 4.78 is 44.7. The molecule has 0 saturated carbocycles. The Balaban J connectivity index is 2.21. The maximum atomic E-state index is 13.7. The number of methoxy groups -OCH3 is 1.